The normalized spacial score (nSPS) is 11.8. The van der Waals surface area contributed by atoms with Gasteiger partial charge in [-0.15, -0.1) is 0 Å². The molecule has 2 aromatic heterocycles. The van der Waals surface area contributed by atoms with E-state index in [0.29, 0.717) is 11.3 Å². The minimum absolute atomic E-state index is 0.606. The average Bonchev–Trinajstić information content (AvgIpc) is 3.16. The van der Waals surface area contributed by atoms with E-state index in [2.05, 4.69) is 50.8 Å². The highest BCUT2D eigenvalue weighted by Crippen LogP contribution is 2.20. The molecule has 0 atom stereocenters. The van der Waals surface area contributed by atoms with Crippen LogP contribution in [-0.4, -0.2) is 43.8 Å². The lowest BCUT2D eigenvalue weighted by Crippen LogP contribution is -2.24. The number of aromatic nitrogens is 4. The van der Waals surface area contributed by atoms with Gasteiger partial charge in [0.1, 0.15) is 12.7 Å². The van der Waals surface area contributed by atoms with Crippen molar-refractivity contribution >= 4 is 35.6 Å². The number of benzene rings is 1. The third-order valence-corrected chi connectivity index (χ3v) is 4.51. The third-order valence-electron chi connectivity index (χ3n) is 4.51. The summed E-state index contributed by atoms with van der Waals surface area (Å²) in [6, 6.07) is 10.2. The second-order valence-electron chi connectivity index (χ2n) is 6.74. The number of unbranched alkanes of at least 4 members (excludes halogenated alkanes) is 2. The maximum atomic E-state index is 4.62. The maximum absolute atomic E-state index is 4.62. The van der Waals surface area contributed by atoms with E-state index in [1.54, 1.807) is 12.7 Å². The Morgan fingerprint density at radius 2 is 1.75 bits per heavy atom. The lowest BCUT2D eigenvalue weighted by Gasteiger charge is -2.18. The van der Waals surface area contributed by atoms with Crippen molar-refractivity contribution in [3.8, 4) is 0 Å². The van der Waals surface area contributed by atoms with Crippen LogP contribution in [0, 0.1) is 0 Å². The van der Waals surface area contributed by atoms with E-state index >= 15 is 0 Å². The average molecular weight is 377 g/mol. The van der Waals surface area contributed by atoms with Crippen LogP contribution in [0.15, 0.2) is 48.0 Å². The van der Waals surface area contributed by atoms with Crippen molar-refractivity contribution in [2.45, 2.75) is 39.5 Å². The molecule has 0 amide bonds. The molecule has 6 heteroatoms. The van der Waals surface area contributed by atoms with Gasteiger partial charge in [0.25, 0.3) is 0 Å². The first kappa shape index (κ1) is 19.7. The summed E-state index contributed by atoms with van der Waals surface area (Å²) in [7, 11) is 0. The van der Waals surface area contributed by atoms with Gasteiger partial charge < -0.3 is 4.90 Å². The smallest absolute Gasteiger partial charge is 0.185 e. The van der Waals surface area contributed by atoms with E-state index in [1.165, 1.54) is 12.8 Å². The topological polar surface area (TPSA) is 59.2 Å². The summed E-state index contributed by atoms with van der Waals surface area (Å²) in [4.78, 5) is 20.1. The maximum Gasteiger partial charge on any atom is 0.185 e. The molecule has 1 aromatic carbocycles. The molecule has 0 spiro atoms. The standard InChI is InChI=1S/C22H28N6/c1-3-5-13-27(14-6-4-2)17-26-21-20-22(24-16-23-21)28(18-25-20)15-12-19-10-8-7-9-11-19/h7-12,15-18H,3-6,13-14H2,1-2H3/b15-12+,26-17+. The molecular weight excluding hydrogens is 348 g/mol. The van der Waals surface area contributed by atoms with E-state index in [-0.39, 0.29) is 0 Å². The highest BCUT2D eigenvalue weighted by molar-refractivity contribution is 5.84. The number of imidazole rings is 1. The fourth-order valence-corrected chi connectivity index (χ4v) is 2.86. The van der Waals surface area contributed by atoms with E-state index < -0.39 is 0 Å². The summed E-state index contributed by atoms with van der Waals surface area (Å²) in [5.41, 5.74) is 2.59. The predicted octanol–water partition coefficient (Wildman–Crippen LogP) is 5.02. The summed E-state index contributed by atoms with van der Waals surface area (Å²) in [5, 5.41) is 0. The van der Waals surface area contributed by atoms with Gasteiger partial charge in [0.15, 0.2) is 17.0 Å². The molecule has 0 aliphatic carbocycles. The second kappa shape index (κ2) is 10.3. The van der Waals surface area contributed by atoms with Crippen molar-refractivity contribution in [3.63, 3.8) is 0 Å². The van der Waals surface area contributed by atoms with Gasteiger partial charge in [0.05, 0.1) is 6.34 Å². The summed E-state index contributed by atoms with van der Waals surface area (Å²) >= 11 is 0. The molecule has 0 N–H and O–H groups in total. The van der Waals surface area contributed by atoms with Crippen LogP contribution < -0.4 is 0 Å². The predicted molar refractivity (Wildman–Crippen MR) is 117 cm³/mol. The number of hydrogen-bond donors (Lipinski definition) is 0. The lowest BCUT2D eigenvalue weighted by molar-refractivity contribution is 0.409. The van der Waals surface area contributed by atoms with Crippen LogP contribution in [0.4, 0.5) is 5.82 Å². The first-order chi connectivity index (χ1) is 13.8. The molecular formula is C22H28N6. The number of fused-ring (bicyclic) bond motifs is 1. The SMILES string of the molecule is CCCCN(/C=N/c1ncnc2c1ncn2/C=C/c1ccccc1)CCCC. The molecule has 0 fully saturated rings. The van der Waals surface area contributed by atoms with Crippen molar-refractivity contribution in [2.75, 3.05) is 13.1 Å². The Labute approximate surface area is 166 Å². The van der Waals surface area contributed by atoms with Gasteiger partial charge in [-0.05, 0) is 24.5 Å². The Bertz CT molecular complexity index is 905. The zero-order chi connectivity index (χ0) is 19.6. The van der Waals surface area contributed by atoms with Crippen molar-refractivity contribution in [1.82, 2.24) is 24.4 Å². The van der Waals surface area contributed by atoms with Crippen LogP contribution in [0.3, 0.4) is 0 Å². The molecule has 3 rings (SSSR count). The summed E-state index contributed by atoms with van der Waals surface area (Å²) in [6.07, 6.45) is 13.9. The Kier molecular flexibility index (Phi) is 7.29. The molecule has 0 aliphatic rings. The van der Waals surface area contributed by atoms with Gasteiger partial charge in [-0.25, -0.2) is 19.9 Å². The Balaban J connectivity index is 1.80. The first-order valence-corrected chi connectivity index (χ1v) is 10.0. The molecule has 0 aliphatic heterocycles. The van der Waals surface area contributed by atoms with Gasteiger partial charge in [-0.3, -0.25) is 4.57 Å². The van der Waals surface area contributed by atoms with Crippen LogP contribution in [0.25, 0.3) is 23.4 Å². The number of hydrogen-bond acceptors (Lipinski definition) is 4. The quantitative estimate of drug-likeness (QED) is 0.368. The molecule has 146 valence electrons. The zero-order valence-corrected chi connectivity index (χ0v) is 16.7. The summed E-state index contributed by atoms with van der Waals surface area (Å²) in [5.74, 6) is 0.606. The summed E-state index contributed by atoms with van der Waals surface area (Å²) in [6.45, 7) is 6.45. The van der Waals surface area contributed by atoms with Crippen LogP contribution in [0.1, 0.15) is 45.1 Å². The van der Waals surface area contributed by atoms with E-state index in [4.69, 9.17) is 0 Å². The minimum atomic E-state index is 0.606. The van der Waals surface area contributed by atoms with Crippen LogP contribution in [0.5, 0.6) is 0 Å². The van der Waals surface area contributed by atoms with E-state index in [9.17, 15) is 0 Å². The molecule has 0 saturated heterocycles. The molecule has 2 heterocycles. The second-order valence-corrected chi connectivity index (χ2v) is 6.74. The monoisotopic (exact) mass is 376 g/mol. The molecule has 0 radical (unpaired) electrons. The van der Waals surface area contributed by atoms with Crippen LogP contribution in [0.2, 0.25) is 0 Å². The molecule has 0 unspecified atom stereocenters. The Hall–Kier alpha value is -3.02. The molecule has 3 aromatic rings. The van der Waals surface area contributed by atoms with Crippen molar-refractivity contribution in [2.24, 2.45) is 4.99 Å². The lowest BCUT2D eigenvalue weighted by atomic mass is 10.2. The number of aliphatic imine (C=N–C) groups is 1. The fourth-order valence-electron chi connectivity index (χ4n) is 2.86. The van der Waals surface area contributed by atoms with Gasteiger partial charge in [-0.2, -0.15) is 0 Å². The highest BCUT2D eigenvalue weighted by atomic mass is 15.2. The summed E-state index contributed by atoms with van der Waals surface area (Å²) < 4.78 is 1.90. The van der Waals surface area contributed by atoms with Crippen LogP contribution in [-0.2, 0) is 0 Å². The van der Waals surface area contributed by atoms with Gasteiger partial charge in [-0.1, -0.05) is 57.0 Å². The molecule has 6 nitrogen and oxygen atoms in total. The van der Waals surface area contributed by atoms with Gasteiger partial charge in [0, 0.05) is 19.3 Å². The van der Waals surface area contributed by atoms with E-state index in [0.717, 1.165) is 37.1 Å². The largest absolute Gasteiger partial charge is 0.363 e. The minimum Gasteiger partial charge on any atom is -0.363 e. The number of rotatable bonds is 10. The highest BCUT2D eigenvalue weighted by Gasteiger charge is 2.08. The van der Waals surface area contributed by atoms with Crippen molar-refractivity contribution in [3.05, 3.63) is 48.5 Å². The third kappa shape index (κ3) is 5.25. The van der Waals surface area contributed by atoms with Crippen molar-refractivity contribution in [1.29, 1.82) is 0 Å². The van der Waals surface area contributed by atoms with Gasteiger partial charge in [0.2, 0.25) is 0 Å². The van der Waals surface area contributed by atoms with Crippen molar-refractivity contribution < 1.29 is 0 Å². The zero-order valence-electron chi connectivity index (χ0n) is 16.7. The molecule has 0 bridgehead atoms. The van der Waals surface area contributed by atoms with Gasteiger partial charge >= 0.3 is 0 Å². The molecule has 28 heavy (non-hydrogen) atoms. The van der Waals surface area contributed by atoms with Crippen LogP contribution >= 0.6 is 0 Å². The first-order valence-electron chi connectivity index (χ1n) is 10.0. The Morgan fingerprint density at radius 3 is 2.46 bits per heavy atom. The fraction of sp³-hybridized carbons (Fsp3) is 0.364. The van der Waals surface area contributed by atoms with E-state index in [1.807, 2.05) is 41.4 Å². The molecule has 0 saturated carbocycles. The Morgan fingerprint density at radius 1 is 1.00 bits per heavy atom. The number of nitrogens with zero attached hydrogens (tertiary/aromatic N) is 6.